The molecule has 0 fully saturated rings. The molecule has 0 saturated carbocycles. The number of sulfonamides is 1. The molecule has 0 unspecified atom stereocenters. The van der Waals surface area contributed by atoms with Gasteiger partial charge >= 0.3 is 0 Å². The molecule has 0 atom stereocenters. The Morgan fingerprint density at radius 2 is 1.60 bits per heavy atom. The molecule has 2 aromatic carbocycles. The monoisotopic (exact) mass is 389 g/mol. The third-order valence-corrected chi connectivity index (χ3v) is 5.57. The standard InChI is InChI=1S/C15H13F2NO5S2/c1-9(19)10-3-5-13(18-24(2,20)21)15(7-10)25(22,23)14-6-4-11(16)8-12(14)17/h3-8,18H,1-2H3. The van der Waals surface area contributed by atoms with Crippen molar-refractivity contribution in [1.82, 2.24) is 0 Å². The van der Waals surface area contributed by atoms with Gasteiger partial charge in [0.05, 0.1) is 16.8 Å². The van der Waals surface area contributed by atoms with E-state index in [-0.39, 0.29) is 11.3 Å². The molecular formula is C15H13F2NO5S2. The predicted molar refractivity (Wildman–Crippen MR) is 86.7 cm³/mol. The van der Waals surface area contributed by atoms with Crippen molar-refractivity contribution in [3.05, 3.63) is 53.6 Å². The van der Waals surface area contributed by atoms with E-state index in [1.165, 1.54) is 13.0 Å². The van der Waals surface area contributed by atoms with Crippen LogP contribution in [0.2, 0.25) is 0 Å². The van der Waals surface area contributed by atoms with Crippen LogP contribution < -0.4 is 4.72 Å². The fraction of sp³-hybridized carbons (Fsp3) is 0.133. The van der Waals surface area contributed by atoms with Crippen LogP contribution in [0, 0.1) is 11.6 Å². The number of nitrogens with one attached hydrogen (secondary N) is 1. The van der Waals surface area contributed by atoms with Gasteiger partial charge in [-0.2, -0.15) is 0 Å². The number of ketones is 1. The summed E-state index contributed by atoms with van der Waals surface area (Å²) in [5, 5.41) is 0. The zero-order valence-corrected chi connectivity index (χ0v) is 14.7. The number of sulfone groups is 1. The average molecular weight is 389 g/mol. The molecule has 0 aliphatic carbocycles. The maximum absolute atomic E-state index is 13.9. The summed E-state index contributed by atoms with van der Waals surface area (Å²) < 4.78 is 77.4. The largest absolute Gasteiger partial charge is 0.295 e. The predicted octanol–water partition coefficient (Wildman–Crippen LogP) is 2.37. The molecule has 6 nitrogen and oxygen atoms in total. The molecule has 0 aliphatic heterocycles. The van der Waals surface area contributed by atoms with E-state index >= 15 is 0 Å². The van der Waals surface area contributed by atoms with Gasteiger partial charge in [0.25, 0.3) is 0 Å². The van der Waals surface area contributed by atoms with E-state index in [4.69, 9.17) is 0 Å². The van der Waals surface area contributed by atoms with Gasteiger partial charge in [0.2, 0.25) is 19.9 Å². The first-order valence-corrected chi connectivity index (χ1v) is 10.1. The van der Waals surface area contributed by atoms with Crippen LogP contribution in [0.3, 0.4) is 0 Å². The number of benzene rings is 2. The van der Waals surface area contributed by atoms with Crippen LogP contribution in [0.5, 0.6) is 0 Å². The number of rotatable bonds is 5. The lowest BCUT2D eigenvalue weighted by Crippen LogP contribution is -2.15. The van der Waals surface area contributed by atoms with E-state index in [2.05, 4.69) is 0 Å². The summed E-state index contributed by atoms with van der Waals surface area (Å²) in [7, 11) is -8.41. The minimum atomic E-state index is -4.57. The van der Waals surface area contributed by atoms with E-state index in [1.54, 1.807) is 0 Å². The first-order chi connectivity index (χ1) is 11.4. The molecule has 1 N–H and O–H groups in total. The zero-order chi connectivity index (χ0) is 19.0. The average Bonchev–Trinajstić information content (AvgIpc) is 2.45. The van der Waals surface area contributed by atoms with Crippen molar-refractivity contribution in [2.24, 2.45) is 0 Å². The summed E-state index contributed by atoms with van der Waals surface area (Å²) in [5.74, 6) is -2.77. The Labute approximate surface area is 143 Å². The lowest BCUT2D eigenvalue weighted by molar-refractivity contribution is 0.101. The Balaban J connectivity index is 2.77. The normalized spacial score (nSPS) is 12.0. The number of halogens is 2. The molecule has 0 amide bonds. The van der Waals surface area contributed by atoms with Crippen LogP contribution in [0.1, 0.15) is 17.3 Å². The van der Waals surface area contributed by atoms with Crippen LogP contribution in [0.4, 0.5) is 14.5 Å². The number of anilines is 1. The van der Waals surface area contributed by atoms with E-state index in [0.29, 0.717) is 6.07 Å². The summed E-state index contributed by atoms with van der Waals surface area (Å²) in [4.78, 5) is 10.1. The second kappa shape index (κ2) is 6.52. The van der Waals surface area contributed by atoms with Crippen molar-refractivity contribution in [1.29, 1.82) is 0 Å². The van der Waals surface area contributed by atoms with Gasteiger partial charge in [-0.05, 0) is 37.3 Å². The topological polar surface area (TPSA) is 97.4 Å². The summed E-state index contributed by atoms with van der Waals surface area (Å²) in [5.41, 5.74) is -0.364. The summed E-state index contributed by atoms with van der Waals surface area (Å²) in [6.45, 7) is 1.19. The van der Waals surface area contributed by atoms with E-state index < -0.39 is 47.1 Å². The third kappa shape index (κ3) is 4.20. The first kappa shape index (κ1) is 19.0. The molecule has 0 aromatic heterocycles. The van der Waals surface area contributed by atoms with Crippen molar-refractivity contribution in [2.75, 3.05) is 11.0 Å². The van der Waals surface area contributed by atoms with Crippen LogP contribution >= 0.6 is 0 Å². The Morgan fingerprint density at radius 3 is 2.12 bits per heavy atom. The molecule has 0 bridgehead atoms. The first-order valence-electron chi connectivity index (χ1n) is 6.75. The Hall–Kier alpha value is -2.33. The minimum Gasteiger partial charge on any atom is -0.295 e. The van der Waals surface area contributed by atoms with Gasteiger partial charge in [-0.25, -0.2) is 25.6 Å². The van der Waals surface area contributed by atoms with E-state index in [0.717, 1.165) is 30.5 Å². The molecule has 0 aliphatic rings. The zero-order valence-electron chi connectivity index (χ0n) is 13.1. The highest BCUT2D eigenvalue weighted by Crippen LogP contribution is 2.31. The van der Waals surface area contributed by atoms with Crippen molar-refractivity contribution < 1.29 is 30.4 Å². The van der Waals surface area contributed by atoms with E-state index in [1.807, 2.05) is 4.72 Å². The molecule has 10 heteroatoms. The van der Waals surface area contributed by atoms with Gasteiger partial charge in [0.1, 0.15) is 16.5 Å². The van der Waals surface area contributed by atoms with Gasteiger partial charge < -0.3 is 0 Å². The third-order valence-electron chi connectivity index (χ3n) is 3.16. The van der Waals surface area contributed by atoms with Gasteiger partial charge in [-0.3, -0.25) is 9.52 Å². The van der Waals surface area contributed by atoms with Gasteiger partial charge in [0.15, 0.2) is 5.78 Å². The maximum Gasteiger partial charge on any atom is 0.229 e. The molecule has 2 rings (SSSR count). The van der Waals surface area contributed by atoms with Crippen molar-refractivity contribution in [3.63, 3.8) is 0 Å². The number of carbonyl (C=O) groups is 1. The fourth-order valence-corrected chi connectivity index (χ4v) is 4.19. The van der Waals surface area contributed by atoms with Crippen molar-refractivity contribution in [2.45, 2.75) is 16.7 Å². The van der Waals surface area contributed by atoms with Crippen LogP contribution in [0.15, 0.2) is 46.2 Å². The highest BCUT2D eigenvalue weighted by Gasteiger charge is 2.27. The SMILES string of the molecule is CC(=O)c1ccc(NS(C)(=O)=O)c(S(=O)(=O)c2ccc(F)cc2F)c1. The molecule has 0 saturated heterocycles. The number of carbonyl (C=O) groups excluding carboxylic acids is 1. The van der Waals surface area contributed by atoms with Gasteiger partial charge in [-0.1, -0.05) is 0 Å². The van der Waals surface area contributed by atoms with Crippen LogP contribution in [-0.2, 0) is 19.9 Å². The van der Waals surface area contributed by atoms with E-state index in [9.17, 15) is 30.4 Å². The lowest BCUT2D eigenvalue weighted by atomic mass is 10.1. The molecular weight excluding hydrogens is 376 g/mol. The lowest BCUT2D eigenvalue weighted by Gasteiger charge is -2.13. The minimum absolute atomic E-state index is 0.0138. The van der Waals surface area contributed by atoms with Crippen LogP contribution in [-0.4, -0.2) is 28.9 Å². The fourth-order valence-electron chi connectivity index (χ4n) is 2.06. The molecule has 0 spiro atoms. The Kier molecular flexibility index (Phi) is 4.96. The summed E-state index contributed by atoms with van der Waals surface area (Å²) >= 11 is 0. The smallest absolute Gasteiger partial charge is 0.229 e. The second-order valence-corrected chi connectivity index (χ2v) is 8.85. The van der Waals surface area contributed by atoms with Crippen molar-refractivity contribution >= 4 is 31.3 Å². The Bertz CT molecular complexity index is 1060. The van der Waals surface area contributed by atoms with Gasteiger partial charge in [0, 0.05) is 11.6 Å². The number of hydrogen-bond acceptors (Lipinski definition) is 5. The maximum atomic E-state index is 13.9. The highest BCUT2D eigenvalue weighted by atomic mass is 32.2. The Morgan fingerprint density at radius 1 is 0.960 bits per heavy atom. The number of hydrogen-bond donors (Lipinski definition) is 1. The highest BCUT2D eigenvalue weighted by molar-refractivity contribution is 7.93. The van der Waals surface area contributed by atoms with Gasteiger partial charge in [-0.15, -0.1) is 0 Å². The van der Waals surface area contributed by atoms with Crippen LogP contribution in [0.25, 0.3) is 0 Å². The second-order valence-electron chi connectivity index (χ2n) is 5.22. The molecule has 0 heterocycles. The summed E-state index contributed by atoms with van der Waals surface area (Å²) in [6.07, 6.45) is 0.806. The van der Waals surface area contributed by atoms with Crippen molar-refractivity contribution in [3.8, 4) is 0 Å². The quantitative estimate of drug-likeness (QED) is 0.625. The molecule has 2 aromatic rings. The number of Topliss-reactive ketones (excluding diaryl/α,β-unsaturated/α-hetero) is 1. The molecule has 25 heavy (non-hydrogen) atoms. The molecule has 134 valence electrons. The summed E-state index contributed by atoms with van der Waals surface area (Å²) in [6, 6.07) is 5.14. The molecule has 0 radical (unpaired) electrons.